The van der Waals surface area contributed by atoms with Crippen LogP contribution in [-0.4, -0.2) is 6.79 Å². The molecule has 2 aromatic rings. The number of halogens is 1. The predicted molar refractivity (Wildman–Crippen MR) is 74.2 cm³/mol. The summed E-state index contributed by atoms with van der Waals surface area (Å²) in [6.45, 7) is 1.36. The summed E-state index contributed by atoms with van der Waals surface area (Å²) in [5.74, 6) is 1.10. The third-order valence-electron chi connectivity index (χ3n) is 3.18. The largest absolute Gasteiger partial charge is 0.454 e. The summed E-state index contributed by atoms with van der Waals surface area (Å²) in [7, 11) is 0. The second-order valence-corrected chi connectivity index (χ2v) is 4.75. The highest BCUT2D eigenvalue weighted by atomic mass is 19.1. The van der Waals surface area contributed by atoms with E-state index in [4.69, 9.17) is 14.7 Å². The third-order valence-corrected chi connectivity index (χ3v) is 3.18. The van der Waals surface area contributed by atoms with Crippen LogP contribution < -0.4 is 14.8 Å². The van der Waals surface area contributed by atoms with Gasteiger partial charge in [-0.3, -0.25) is 0 Å². The first-order chi connectivity index (χ1) is 10.2. The molecular formula is C16H13FN2O2. The van der Waals surface area contributed by atoms with E-state index in [0.717, 1.165) is 22.6 Å². The summed E-state index contributed by atoms with van der Waals surface area (Å²) < 4.78 is 23.9. The van der Waals surface area contributed by atoms with Gasteiger partial charge in [0.25, 0.3) is 0 Å². The monoisotopic (exact) mass is 284 g/mol. The van der Waals surface area contributed by atoms with Gasteiger partial charge >= 0.3 is 0 Å². The minimum Gasteiger partial charge on any atom is -0.454 e. The number of nitrogens with zero attached hydrogens (tertiary/aromatic N) is 1. The molecule has 0 aliphatic carbocycles. The fraction of sp³-hybridized carbons (Fsp3) is 0.188. The zero-order chi connectivity index (χ0) is 14.7. The topological polar surface area (TPSA) is 54.3 Å². The Labute approximate surface area is 121 Å². The van der Waals surface area contributed by atoms with Crippen molar-refractivity contribution in [1.29, 1.82) is 5.26 Å². The van der Waals surface area contributed by atoms with E-state index in [9.17, 15) is 4.39 Å². The molecule has 4 nitrogen and oxygen atoms in total. The third kappa shape index (κ3) is 3.12. The van der Waals surface area contributed by atoms with Gasteiger partial charge in [0.2, 0.25) is 6.79 Å². The van der Waals surface area contributed by atoms with Gasteiger partial charge in [-0.2, -0.15) is 5.26 Å². The Balaban J connectivity index is 1.61. The van der Waals surface area contributed by atoms with Gasteiger partial charge in [-0.05, 0) is 41.5 Å². The molecule has 0 saturated carbocycles. The first-order valence-corrected chi connectivity index (χ1v) is 6.53. The Morgan fingerprint density at radius 3 is 2.71 bits per heavy atom. The zero-order valence-electron chi connectivity index (χ0n) is 11.2. The second kappa shape index (κ2) is 5.81. The molecule has 106 valence electrons. The molecule has 0 radical (unpaired) electrons. The van der Waals surface area contributed by atoms with Crippen LogP contribution >= 0.6 is 0 Å². The SMILES string of the molecule is N#Cc1cc(F)cc(CNCc2ccc3c(c2)OCO3)c1. The van der Waals surface area contributed by atoms with Crippen molar-refractivity contribution >= 4 is 0 Å². The number of rotatable bonds is 4. The molecule has 2 aromatic carbocycles. The van der Waals surface area contributed by atoms with Crippen molar-refractivity contribution in [2.75, 3.05) is 6.79 Å². The second-order valence-electron chi connectivity index (χ2n) is 4.75. The van der Waals surface area contributed by atoms with Gasteiger partial charge in [-0.1, -0.05) is 6.07 Å². The van der Waals surface area contributed by atoms with Crippen molar-refractivity contribution in [3.8, 4) is 17.6 Å². The number of hydrogen-bond donors (Lipinski definition) is 1. The van der Waals surface area contributed by atoms with Crippen molar-refractivity contribution in [3.63, 3.8) is 0 Å². The fourth-order valence-electron chi connectivity index (χ4n) is 2.22. The van der Waals surface area contributed by atoms with Crippen molar-refractivity contribution in [3.05, 3.63) is 58.9 Å². The van der Waals surface area contributed by atoms with E-state index in [1.807, 2.05) is 24.3 Å². The summed E-state index contributed by atoms with van der Waals surface area (Å²) in [5, 5.41) is 12.0. The Kier molecular flexibility index (Phi) is 3.71. The zero-order valence-corrected chi connectivity index (χ0v) is 11.2. The number of hydrogen-bond acceptors (Lipinski definition) is 4. The number of benzene rings is 2. The lowest BCUT2D eigenvalue weighted by Gasteiger charge is -2.07. The lowest BCUT2D eigenvalue weighted by Crippen LogP contribution is -2.13. The van der Waals surface area contributed by atoms with Gasteiger partial charge in [0.15, 0.2) is 11.5 Å². The quantitative estimate of drug-likeness (QED) is 0.938. The maximum Gasteiger partial charge on any atom is 0.231 e. The Hall–Kier alpha value is -2.58. The highest BCUT2D eigenvalue weighted by molar-refractivity contribution is 5.44. The average molecular weight is 284 g/mol. The molecule has 0 aromatic heterocycles. The number of nitrogens with one attached hydrogen (secondary N) is 1. The van der Waals surface area contributed by atoms with Crippen LogP contribution in [0, 0.1) is 17.1 Å². The van der Waals surface area contributed by atoms with Crippen LogP contribution in [0.15, 0.2) is 36.4 Å². The molecule has 0 spiro atoms. The molecule has 5 heteroatoms. The van der Waals surface area contributed by atoms with Crippen LogP contribution in [0.5, 0.6) is 11.5 Å². The standard InChI is InChI=1S/C16H13FN2O2/c17-14-4-12(7-18)3-13(5-14)9-19-8-11-1-2-15-16(6-11)21-10-20-15/h1-6,19H,8-10H2. The molecule has 1 aliphatic heterocycles. The molecule has 0 saturated heterocycles. The molecule has 0 fully saturated rings. The van der Waals surface area contributed by atoms with E-state index in [1.165, 1.54) is 12.1 Å². The van der Waals surface area contributed by atoms with Crippen molar-refractivity contribution < 1.29 is 13.9 Å². The smallest absolute Gasteiger partial charge is 0.231 e. The van der Waals surface area contributed by atoms with Crippen LogP contribution in [0.4, 0.5) is 4.39 Å². The fourth-order valence-corrected chi connectivity index (χ4v) is 2.22. The van der Waals surface area contributed by atoms with Crippen LogP contribution in [0.25, 0.3) is 0 Å². The molecule has 1 heterocycles. The normalized spacial score (nSPS) is 12.2. The lowest BCUT2D eigenvalue weighted by atomic mass is 10.1. The Bertz CT molecular complexity index is 710. The maximum absolute atomic E-state index is 13.3. The summed E-state index contributed by atoms with van der Waals surface area (Å²) in [4.78, 5) is 0. The highest BCUT2D eigenvalue weighted by Gasteiger charge is 2.12. The molecule has 3 rings (SSSR count). The minimum atomic E-state index is -0.395. The van der Waals surface area contributed by atoms with Crippen LogP contribution in [0.3, 0.4) is 0 Å². The molecule has 1 N–H and O–H groups in total. The summed E-state index contributed by atoms with van der Waals surface area (Å²) in [5.41, 5.74) is 2.12. The van der Waals surface area contributed by atoms with Gasteiger partial charge in [0.05, 0.1) is 11.6 Å². The maximum atomic E-state index is 13.3. The molecule has 0 unspecified atom stereocenters. The van der Waals surface area contributed by atoms with E-state index >= 15 is 0 Å². The van der Waals surface area contributed by atoms with Gasteiger partial charge in [0.1, 0.15) is 5.82 Å². The van der Waals surface area contributed by atoms with Crippen molar-refractivity contribution in [2.24, 2.45) is 0 Å². The molecule has 21 heavy (non-hydrogen) atoms. The van der Waals surface area contributed by atoms with E-state index in [1.54, 1.807) is 6.07 Å². The van der Waals surface area contributed by atoms with Gasteiger partial charge in [-0.25, -0.2) is 4.39 Å². The van der Waals surface area contributed by atoms with Gasteiger partial charge in [0, 0.05) is 13.1 Å². The lowest BCUT2D eigenvalue weighted by molar-refractivity contribution is 0.174. The molecule has 0 amide bonds. The van der Waals surface area contributed by atoms with Gasteiger partial charge in [-0.15, -0.1) is 0 Å². The molecule has 1 aliphatic rings. The van der Waals surface area contributed by atoms with Crippen LogP contribution in [-0.2, 0) is 13.1 Å². The van der Waals surface area contributed by atoms with E-state index in [-0.39, 0.29) is 6.79 Å². The summed E-state index contributed by atoms with van der Waals surface area (Å²) >= 11 is 0. The van der Waals surface area contributed by atoms with Gasteiger partial charge < -0.3 is 14.8 Å². The number of ether oxygens (including phenoxy) is 2. The number of nitriles is 1. The summed E-state index contributed by atoms with van der Waals surface area (Å²) in [6, 6.07) is 12.0. The van der Waals surface area contributed by atoms with E-state index in [2.05, 4.69) is 5.32 Å². The van der Waals surface area contributed by atoms with Crippen molar-refractivity contribution in [2.45, 2.75) is 13.1 Å². The van der Waals surface area contributed by atoms with Crippen molar-refractivity contribution in [1.82, 2.24) is 5.32 Å². The number of fused-ring (bicyclic) bond motifs is 1. The van der Waals surface area contributed by atoms with Crippen LogP contribution in [0.2, 0.25) is 0 Å². The summed E-state index contributed by atoms with van der Waals surface area (Å²) in [6.07, 6.45) is 0. The molecular weight excluding hydrogens is 271 g/mol. The average Bonchev–Trinajstić information content (AvgIpc) is 2.94. The Morgan fingerprint density at radius 1 is 1.05 bits per heavy atom. The first kappa shape index (κ1) is 13.4. The Morgan fingerprint density at radius 2 is 1.86 bits per heavy atom. The minimum absolute atomic E-state index is 0.256. The van der Waals surface area contributed by atoms with Crippen LogP contribution in [0.1, 0.15) is 16.7 Å². The van der Waals surface area contributed by atoms with E-state index < -0.39 is 5.82 Å². The van der Waals surface area contributed by atoms with E-state index in [0.29, 0.717) is 18.7 Å². The molecule has 0 bridgehead atoms. The molecule has 0 atom stereocenters. The predicted octanol–water partition coefficient (Wildman–Crippen LogP) is 2.72. The highest BCUT2D eigenvalue weighted by Crippen LogP contribution is 2.32. The first-order valence-electron chi connectivity index (χ1n) is 6.53.